The molecule has 0 spiro atoms. The number of nitro benzene ring substituents is 1. The second-order valence-corrected chi connectivity index (χ2v) is 4.96. The van der Waals surface area contributed by atoms with Gasteiger partial charge in [0.05, 0.1) is 16.9 Å². The second kappa shape index (κ2) is 6.02. The van der Waals surface area contributed by atoms with Gasteiger partial charge in [-0.2, -0.15) is 0 Å². The van der Waals surface area contributed by atoms with E-state index in [1.54, 1.807) is 20.8 Å². The molecule has 111 valence electrons. The zero-order chi connectivity index (χ0) is 15.0. The predicted molar refractivity (Wildman–Crippen MR) is 60.5 cm³/mol. The molecule has 8 heteroatoms. The molecule has 0 unspecified atom stereocenters. The van der Waals surface area contributed by atoms with Crippen molar-refractivity contribution in [1.82, 2.24) is 0 Å². The molecule has 1 aromatic carbocycles. The molecule has 0 amide bonds. The maximum atomic E-state index is 11.1. The fourth-order valence-corrected chi connectivity index (χ4v) is 1.89. The number of aromatic carboxylic acids is 2. The summed E-state index contributed by atoms with van der Waals surface area (Å²) in [4.78, 5) is 32.3. The van der Waals surface area contributed by atoms with Gasteiger partial charge in [0.25, 0.3) is 5.69 Å². The summed E-state index contributed by atoms with van der Waals surface area (Å²) in [5.74, 6) is -3.51. The molecule has 0 N–H and O–H groups in total. The Bertz CT molecular complexity index is 576. The van der Waals surface area contributed by atoms with Crippen LogP contribution >= 0.6 is 0 Å². The van der Waals surface area contributed by atoms with Crippen molar-refractivity contribution in [3.05, 3.63) is 38.9 Å². The summed E-state index contributed by atoms with van der Waals surface area (Å²) < 4.78 is 0. The fourth-order valence-electron chi connectivity index (χ4n) is 1.89. The van der Waals surface area contributed by atoms with Crippen LogP contribution in [0.25, 0.3) is 0 Å². The van der Waals surface area contributed by atoms with Crippen LogP contribution in [-0.2, 0) is 22.5 Å². The van der Waals surface area contributed by atoms with Crippen LogP contribution in [0.4, 0.5) is 5.69 Å². The summed E-state index contributed by atoms with van der Waals surface area (Å²) in [5.41, 5.74) is -2.93. The minimum Gasteiger partial charge on any atom is -0.545 e. The molecule has 0 aliphatic rings. The maximum absolute atomic E-state index is 11.1. The summed E-state index contributed by atoms with van der Waals surface area (Å²) in [6.45, 7) is 4.63. The van der Waals surface area contributed by atoms with E-state index in [0.29, 0.717) is 0 Å². The van der Waals surface area contributed by atoms with E-state index in [-0.39, 0.29) is 22.6 Å². The van der Waals surface area contributed by atoms with Gasteiger partial charge in [-0.05, 0) is 11.5 Å². The van der Waals surface area contributed by atoms with Crippen molar-refractivity contribution in [3.63, 3.8) is 0 Å². The predicted octanol–water partition coefficient (Wildman–Crippen LogP) is -0.383. The van der Waals surface area contributed by atoms with Crippen LogP contribution < -0.4 is 10.2 Å². The molecule has 0 atom stereocenters. The Morgan fingerprint density at radius 1 is 1.10 bits per heavy atom. The molecule has 1 rings (SSSR count). The largest absolute Gasteiger partial charge is 2.00 e. The molecule has 0 aromatic heterocycles. The van der Waals surface area contributed by atoms with Gasteiger partial charge < -0.3 is 19.8 Å². The van der Waals surface area contributed by atoms with Gasteiger partial charge in [0, 0.05) is 22.8 Å². The molecular weight excluding hydrogens is 318 g/mol. The number of hydrogen-bond donors (Lipinski definition) is 0. The molecular formula is C12H11CuNO6. The van der Waals surface area contributed by atoms with E-state index >= 15 is 0 Å². The van der Waals surface area contributed by atoms with Gasteiger partial charge in [0.1, 0.15) is 0 Å². The van der Waals surface area contributed by atoms with E-state index < -0.39 is 39.1 Å². The standard InChI is InChI=1S/C12H13NO6.Cu/c1-12(2,3)9-7(13(18)19)5-4-6(10(14)15)8(9)11(16)17;/h4-5H,1-3H3,(H,14,15)(H,16,17);/q;+2/p-2. The first-order chi connectivity index (χ1) is 8.57. The first kappa shape index (κ1) is 18.1. The smallest absolute Gasteiger partial charge is 0.545 e. The minimum absolute atomic E-state index is 0. The number of nitrogens with zero attached hydrogens (tertiary/aromatic N) is 1. The first-order valence-electron chi connectivity index (χ1n) is 5.32. The molecule has 1 aromatic rings. The van der Waals surface area contributed by atoms with Crippen molar-refractivity contribution in [2.24, 2.45) is 0 Å². The molecule has 0 saturated carbocycles. The van der Waals surface area contributed by atoms with Crippen LogP contribution in [0, 0.1) is 10.1 Å². The first-order valence-corrected chi connectivity index (χ1v) is 5.32. The van der Waals surface area contributed by atoms with Gasteiger partial charge >= 0.3 is 17.1 Å². The molecule has 0 aliphatic carbocycles. The van der Waals surface area contributed by atoms with E-state index in [4.69, 9.17) is 0 Å². The third-order valence-electron chi connectivity index (χ3n) is 2.55. The number of carboxylic acid groups (broad SMARTS) is 2. The topological polar surface area (TPSA) is 123 Å². The summed E-state index contributed by atoms with van der Waals surface area (Å²) in [6, 6.07) is 1.80. The van der Waals surface area contributed by atoms with Crippen molar-refractivity contribution >= 4 is 17.6 Å². The Hall–Kier alpha value is -1.92. The van der Waals surface area contributed by atoms with Crippen LogP contribution in [0.15, 0.2) is 12.1 Å². The van der Waals surface area contributed by atoms with E-state index in [1.165, 1.54) is 0 Å². The van der Waals surface area contributed by atoms with Crippen LogP contribution in [0.5, 0.6) is 0 Å². The van der Waals surface area contributed by atoms with Crippen molar-refractivity contribution < 1.29 is 41.8 Å². The molecule has 0 fully saturated rings. The fraction of sp³-hybridized carbons (Fsp3) is 0.333. The van der Waals surface area contributed by atoms with Gasteiger partial charge in [0.15, 0.2) is 0 Å². The third kappa shape index (κ3) is 3.34. The van der Waals surface area contributed by atoms with E-state index in [0.717, 1.165) is 12.1 Å². The van der Waals surface area contributed by atoms with Gasteiger partial charge in [-0.15, -0.1) is 0 Å². The van der Waals surface area contributed by atoms with Crippen LogP contribution in [0.3, 0.4) is 0 Å². The monoisotopic (exact) mass is 328 g/mol. The molecule has 0 bridgehead atoms. The zero-order valence-corrected chi connectivity index (χ0v) is 11.8. The Balaban J connectivity index is 0.00000361. The van der Waals surface area contributed by atoms with E-state index in [1.807, 2.05) is 0 Å². The zero-order valence-electron chi connectivity index (χ0n) is 10.9. The van der Waals surface area contributed by atoms with Crippen molar-refractivity contribution in [2.45, 2.75) is 26.2 Å². The maximum Gasteiger partial charge on any atom is 2.00 e. The van der Waals surface area contributed by atoms with Crippen molar-refractivity contribution in [3.8, 4) is 0 Å². The number of nitro groups is 1. The quantitative estimate of drug-likeness (QED) is 0.423. The van der Waals surface area contributed by atoms with Crippen molar-refractivity contribution in [2.75, 3.05) is 0 Å². The number of hydrogen-bond acceptors (Lipinski definition) is 6. The molecule has 0 heterocycles. The Morgan fingerprint density at radius 3 is 1.90 bits per heavy atom. The van der Waals surface area contributed by atoms with E-state index in [9.17, 15) is 29.9 Å². The number of carbonyl (C=O) groups excluding carboxylic acids is 2. The molecule has 0 aliphatic heterocycles. The molecule has 1 radical (unpaired) electrons. The Morgan fingerprint density at radius 2 is 1.60 bits per heavy atom. The third-order valence-corrected chi connectivity index (χ3v) is 2.55. The van der Waals surface area contributed by atoms with Crippen LogP contribution in [0.2, 0.25) is 0 Å². The number of carbonyl (C=O) groups is 2. The Kier molecular flexibility index (Phi) is 5.44. The number of benzene rings is 1. The Labute approximate surface area is 125 Å². The van der Waals surface area contributed by atoms with Crippen molar-refractivity contribution in [1.29, 1.82) is 0 Å². The SMILES string of the molecule is CC(C)(C)c1c([N+](=O)[O-])ccc(C(=O)[O-])c1C(=O)[O-].[Cu+2]. The number of carboxylic acids is 2. The summed E-state index contributed by atoms with van der Waals surface area (Å²) >= 11 is 0. The summed E-state index contributed by atoms with van der Waals surface area (Å²) in [6.07, 6.45) is 0. The summed E-state index contributed by atoms with van der Waals surface area (Å²) in [7, 11) is 0. The average Bonchev–Trinajstić information content (AvgIpc) is 2.25. The minimum atomic E-state index is -1.78. The molecule has 0 saturated heterocycles. The molecule has 7 nitrogen and oxygen atoms in total. The normalized spacial score (nSPS) is 10.6. The van der Waals surface area contributed by atoms with Gasteiger partial charge in [0.2, 0.25) is 0 Å². The average molecular weight is 329 g/mol. The van der Waals surface area contributed by atoms with Crippen LogP contribution in [-0.4, -0.2) is 16.9 Å². The summed E-state index contributed by atoms with van der Waals surface area (Å²) in [5, 5.41) is 33.0. The number of rotatable bonds is 3. The van der Waals surface area contributed by atoms with E-state index in [2.05, 4.69) is 0 Å². The van der Waals surface area contributed by atoms with Crippen LogP contribution in [0.1, 0.15) is 47.1 Å². The van der Waals surface area contributed by atoms with Gasteiger partial charge in [-0.1, -0.05) is 20.8 Å². The molecule has 20 heavy (non-hydrogen) atoms. The van der Waals surface area contributed by atoms with Gasteiger partial charge in [-0.25, -0.2) is 0 Å². The van der Waals surface area contributed by atoms with Gasteiger partial charge in [-0.3, -0.25) is 10.1 Å². The second-order valence-electron chi connectivity index (χ2n) is 4.96.